The number of nitrogens with zero attached hydrogens (tertiary/aromatic N) is 1. The second-order valence-electron chi connectivity index (χ2n) is 4.54. The Morgan fingerprint density at radius 2 is 1.81 bits per heavy atom. The summed E-state index contributed by atoms with van der Waals surface area (Å²) in [4.78, 5) is 4.01. The number of halogens is 4. The van der Waals surface area contributed by atoms with Gasteiger partial charge in [-0.3, -0.25) is 4.98 Å². The van der Waals surface area contributed by atoms with E-state index in [0.29, 0.717) is 18.8 Å². The van der Waals surface area contributed by atoms with Crippen molar-refractivity contribution < 1.29 is 17.9 Å². The number of hydrogen-bond acceptors (Lipinski definition) is 2. The molecule has 1 heterocycles. The fourth-order valence-corrected chi connectivity index (χ4v) is 2.08. The standard InChI is InChI=1S/C15H13BrF3NO/c1-10-13(16)8-20-9-14(10)21-7-6-11-2-4-12(5-3-11)15(17,18)19/h2-5,8-9H,6-7H2,1H3. The van der Waals surface area contributed by atoms with E-state index >= 15 is 0 Å². The van der Waals surface area contributed by atoms with Crippen molar-refractivity contribution in [1.29, 1.82) is 0 Å². The highest BCUT2D eigenvalue weighted by molar-refractivity contribution is 9.10. The van der Waals surface area contributed by atoms with Crippen LogP contribution in [0.5, 0.6) is 5.75 Å². The Morgan fingerprint density at radius 1 is 1.14 bits per heavy atom. The van der Waals surface area contributed by atoms with Gasteiger partial charge < -0.3 is 4.74 Å². The van der Waals surface area contributed by atoms with Crippen LogP contribution < -0.4 is 4.74 Å². The molecule has 0 aliphatic carbocycles. The predicted molar refractivity (Wildman–Crippen MR) is 77.3 cm³/mol. The molecule has 2 nitrogen and oxygen atoms in total. The predicted octanol–water partition coefficient (Wildman–Crippen LogP) is 4.79. The lowest BCUT2D eigenvalue weighted by molar-refractivity contribution is -0.137. The summed E-state index contributed by atoms with van der Waals surface area (Å²) in [5, 5.41) is 0. The third-order valence-electron chi connectivity index (χ3n) is 3.04. The van der Waals surface area contributed by atoms with Gasteiger partial charge in [0.1, 0.15) is 5.75 Å². The Bertz CT molecular complexity index is 611. The third-order valence-corrected chi connectivity index (χ3v) is 3.84. The average molecular weight is 360 g/mol. The number of benzene rings is 1. The highest BCUT2D eigenvalue weighted by Gasteiger charge is 2.29. The number of ether oxygens (including phenoxy) is 1. The SMILES string of the molecule is Cc1c(Br)cncc1OCCc1ccc(C(F)(F)F)cc1. The molecule has 0 radical (unpaired) electrons. The Labute approximate surface area is 129 Å². The molecule has 1 aromatic carbocycles. The largest absolute Gasteiger partial charge is 0.491 e. The van der Waals surface area contributed by atoms with Crippen LogP contribution in [0.15, 0.2) is 41.1 Å². The molecule has 0 atom stereocenters. The summed E-state index contributed by atoms with van der Waals surface area (Å²) in [5.74, 6) is 0.663. The molecule has 0 saturated heterocycles. The first-order chi connectivity index (χ1) is 9.88. The van der Waals surface area contributed by atoms with Gasteiger partial charge in [-0.05, 0) is 40.5 Å². The molecule has 2 aromatic rings. The Kier molecular flexibility index (Phi) is 4.88. The van der Waals surface area contributed by atoms with Crippen LogP contribution in [0, 0.1) is 6.92 Å². The molecule has 0 aliphatic rings. The normalized spacial score (nSPS) is 11.5. The maximum Gasteiger partial charge on any atom is 0.416 e. The van der Waals surface area contributed by atoms with Crippen LogP contribution in [0.1, 0.15) is 16.7 Å². The molecule has 0 bridgehead atoms. The molecular formula is C15H13BrF3NO. The van der Waals surface area contributed by atoms with E-state index in [4.69, 9.17) is 4.74 Å². The van der Waals surface area contributed by atoms with Crippen molar-refractivity contribution in [2.45, 2.75) is 19.5 Å². The van der Waals surface area contributed by atoms with Crippen LogP contribution in [0.4, 0.5) is 13.2 Å². The highest BCUT2D eigenvalue weighted by atomic mass is 79.9. The average Bonchev–Trinajstić information content (AvgIpc) is 2.43. The van der Waals surface area contributed by atoms with E-state index in [1.165, 1.54) is 12.1 Å². The quantitative estimate of drug-likeness (QED) is 0.782. The summed E-state index contributed by atoms with van der Waals surface area (Å²) in [6.07, 6.45) is -0.469. The van der Waals surface area contributed by atoms with Crippen molar-refractivity contribution in [3.05, 3.63) is 57.8 Å². The fraction of sp³-hybridized carbons (Fsp3) is 0.267. The Hall–Kier alpha value is -1.56. The van der Waals surface area contributed by atoms with Gasteiger partial charge in [-0.15, -0.1) is 0 Å². The van der Waals surface area contributed by atoms with Crippen LogP contribution in [-0.2, 0) is 12.6 Å². The van der Waals surface area contributed by atoms with Crippen LogP contribution in [0.2, 0.25) is 0 Å². The maximum absolute atomic E-state index is 12.4. The van der Waals surface area contributed by atoms with E-state index in [0.717, 1.165) is 27.7 Å². The first-order valence-corrected chi connectivity index (χ1v) is 7.06. The minimum absolute atomic E-state index is 0.379. The lowest BCUT2D eigenvalue weighted by atomic mass is 10.1. The first kappa shape index (κ1) is 15.8. The van der Waals surface area contributed by atoms with Gasteiger partial charge in [-0.1, -0.05) is 12.1 Å². The minimum Gasteiger partial charge on any atom is -0.491 e. The second-order valence-corrected chi connectivity index (χ2v) is 5.39. The number of alkyl halides is 3. The van der Waals surface area contributed by atoms with Gasteiger partial charge in [0, 0.05) is 22.7 Å². The van der Waals surface area contributed by atoms with Gasteiger partial charge in [0.05, 0.1) is 18.4 Å². The number of hydrogen-bond donors (Lipinski definition) is 0. The molecule has 0 amide bonds. The van der Waals surface area contributed by atoms with E-state index in [2.05, 4.69) is 20.9 Å². The van der Waals surface area contributed by atoms with Crippen molar-refractivity contribution in [3.8, 4) is 5.75 Å². The summed E-state index contributed by atoms with van der Waals surface area (Å²) in [6.45, 7) is 2.28. The lowest BCUT2D eigenvalue weighted by Crippen LogP contribution is -2.06. The summed E-state index contributed by atoms with van der Waals surface area (Å²) < 4.78 is 43.8. The smallest absolute Gasteiger partial charge is 0.416 e. The monoisotopic (exact) mass is 359 g/mol. The molecule has 0 N–H and O–H groups in total. The minimum atomic E-state index is -4.30. The molecule has 2 rings (SSSR count). The van der Waals surface area contributed by atoms with Crippen LogP contribution in [-0.4, -0.2) is 11.6 Å². The van der Waals surface area contributed by atoms with Crippen molar-refractivity contribution in [3.63, 3.8) is 0 Å². The van der Waals surface area contributed by atoms with Gasteiger partial charge in [-0.2, -0.15) is 13.2 Å². The molecule has 0 spiro atoms. The van der Waals surface area contributed by atoms with Gasteiger partial charge >= 0.3 is 6.18 Å². The lowest BCUT2D eigenvalue weighted by Gasteiger charge is -2.10. The second kappa shape index (κ2) is 6.47. The molecular weight excluding hydrogens is 347 g/mol. The molecule has 0 unspecified atom stereocenters. The van der Waals surface area contributed by atoms with Gasteiger partial charge in [-0.25, -0.2) is 0 Å². The number of aromatic nitrogens is 1. The fourth-order valence-electron chi connectivity index (χ4n) is 1.77. The molecule has 1 aromatic heterocycles. The van der Waals surface area contributed by atoms with Gasteiger partial charge in [0.15, 0.2) is 0 Å². The Morgan fingerprint density at radius 3 is 2.43 bits per heavy atom. The molecule has 0 fully saturated rings. The van der Waals surface area contributed by atoms with Gasteiger partial charge in [0.25, 0.3) is 0 Å². The van der Waals surface area contributed by atoms with E-state index in [-0.39, 0.29) is 0 Å². The van der Waals surface area contributed by atoms with Crippen molar-refractivity contribution >= 4 is 15.9 Å². The summed E-state index contributed by atoms with van der Waals surface area (Å²) in [7, 11) is 0. The Balaban J connectivity index is 1.93. The molecule has 21 heavy (non-hydrogen) atoms. The topological polar surface area (TPSA) is 22.1 Å². The van der Waals surface area contributed by atoms with E-state index in [1.807, 2.05) is 6.92 Å². The zero-order valence-electron chi connectivity index (χ0n) is 11.2. The van der Waals surface area contributed by atoms with Crippen molar-refractivity contribution in [2.75, 3.05) is 6.61 Å². The first-order valence-electron chi connectivity index (χ1n) is 6.27. The molecule has 112 valence electrons. The number of rotatable bonds is 4. The number of pyridine rings is 1. The maximum atomic E-state index is 12.4. The highest BCUT2D eigenvalue weighted by Crippen LogP contribution is 2.29. The zero-order valence-corrected chi connectivity index (χ0v) is 12.8. The van der Waals surface area contributed by atoms with Crippen LogP contribution >= 0.6 is 15.9 Å². The van der Waals surface area contributed by atoms with Crippen LogP contribution in [0.25, 0.3) is 0 Å². The molecule has 0 aliphatic heterocycles. The van der Waals surface area contributed by atoms with E-state index in [1.54, 1.807) is 12.4 Å². The summed E-state index contributed by atoms with van der Waals surface area (Å²) in [5.41, 5.74) is 1.10. The third kappa shape index (κ3) is 4.20. The summed E-state index contributed by atoms with van der Waals surface area (Å²) in [6, 6.07) is 5.11. The van der Waals surface area contributed by atoms with Crippen molar-refractivity contribution in [2.24, 2.45) is 0 Å². The van der Waals surface area contributed by atoms with Crippen LogP contribution in [0.3, 0.4) is 0 Å². The zero-order chi connectivity index (χ0) is 15.5. The van der Waals surface area contributed by atoms with E-state index < -0.39 is 11.7 Å². The van der Waals surface area contributed by atoms with Crippen molar-refractivity contribution in [1.82, 2.24) is 4.98 Å². The molecule has 6 heteroatoms. The summed E-state index contributed by atoms with van der Waals surface area (Å²) >= 11 is 3.36. The van der Waals surface area contributed by atoms with Gasteiger partial charge in [0.2, 0.25) is 0 Å². The van der Waals surface area contributed by atoms with E-state index in [9.17, 15) is 13.2 Å². The molecule has 0 saturated carbocycles.